The Hall–Kier alpha value is -1.10. The van der Waals surface area contributed by atoms with Gasteiger partial charge >= 0.3 is 0 Å². The van der Waals surface area contributed by atoms with Crippen molar-refractivity contribution >= 4 is 34.1 Å². The largest absolute Gasteiger partial charge is 0.306 e. The Balaban J connectivity index is 2.03. The van der Waals surface area contributed by atoms with Crippen molar-refractivity contribution in [3.05, 3.63) is 38.9 Å². The molecule has 1 saturated heterocycles. The van der Waals surface area contributed by atoms with Crippen molar-refractivity contribution < 1.29 is 0 Å². The van der Waals surface area contributed by atoms with E-state index in [1.165, 1.54) is 0 Å². The fraction of sp³-hybridized carbons (Fsp3) is 0.429. The molecule has 1 aromatic carbocycles. The van der Waals surface area contributed by atoms with E-state index in [0.29, 0.717) is 33.4 Å². The van der Waals surface area contributed by atoms with Gasteiger partial charge in [0.25, 0.3) is 5.56 Å². The Bertz CT molecular complexity index is 713. The molecule has 0 bridgehead atoms. The molecule has 1 aromatic heterocycles. The average molecular weight is 312 g/mol. The summed E-state index contributed by atoms with van der Waals surface area (Å²) in [4.78, 5) is 19.1. The van der Waals surface area contributed by atoms with Crippen LogP contribution in [-0.4, -0.2) is 34.6 Å². The van der Waals surface area contributed by atoms with Gasteiger partial charge in [0.2, 0.25) is 0 Å². The maximum Gasteiger partial charge on any atom is 0.262 e. The molecule has 1 aliphatic heterocycles. The van der Waals surface area contributed by atoms with Gasteiger partial charge in [0.15, 0.2) is 0 Å². The van der Waals surface area contributed by atoms with Gasteiger partial charge in [-0.05, 0) is 38.1 Å². The zero-order valence-corrected chi connectivity index (χ0v) is 12.7. The summed E-state index contributed by atoms with van der Waals surface area (Å²) in [5.74, 6) is 0.481. The van der Waals surface area contributed by atoms with Crippen molar-refractivity contribution in [2.45, 2.75) is 13.0 Å². The summed E-state index contributed by atoms with van der Waals surface area (Å²) in [6.07, 6.45) is 2.68. The number of hydrogen-bond donors (Lipinski definition) is 0. The minimum Gasteiger partial charge on any atom is -0.306 e. The summed E-state index contributed by atoms with van der Waals surface area (Å²) in [5.41, 5.74) is 0.362. The van der Waals surface area contributed by atoms with Gasteiger partial charge in [-0.15, -0.1) is 0 Å². The SMILES string of the molecule is CN1CC[C@@H](Cn2cnc3c(Cl)ccc(Cl)c3c2=O)C1. The second-order valence-corrected chi connectivity index (χ2v) is 6.19. The van der Waals surface area contributed by atoms with Crippen molar-refractivity contribution in [2.75, 3.05) is 20.1 Å². The maximum absolute atomic E-state index is 12.5. The average Bonchev–Trinajstić information content (AvgIpc) is 2.82. The van der Waals surface area contributed by atoms with E-state index in [9.17, 15) is 4.79 Å². The predicted molar refractivity (Wildman–Crippen MR) is 81.6 cm³/mol. The van der Waals surface area contributed by atoms with E-state index in [0.717, 1.165) is 19.5 Å². The molecule has 0 spiro atoms. The molecule has 1 atom stereocenters. The molecule has 0 N–H and O–H groups in total. The Morgan fingerprint density at radius 2 is 2.10 bits per heavy atom. The van der Waals surface area contributed by atoms with Gasteiger partial charge in [-0.3, -0.25) is 9.36 Å². The van der Waals surface area contributed by atoms with Crippen LogP contribution in [0.3, 0.4) is 0 Å². The topological polar surface area (TPSA) is 38.1 Å². The number of aromatic nitrogens is 2. The minimum atomic E-state index is -0.114. The molecule has 1 fully saturated rings. The van der Waals surface area contributed by atoms with Gasteiger partial charge < -0.3 is 4.90 Å². The van der Waals surface area contributed by atoms with Gasteiger partial charge in [-0.25, -0.2) is 4.98 Å². The molecular formula is C14H15Cl2N3O. The zero-order chi connectivity index (χ0) is 14.3. The summed E-state index contributed by atoms with van der Waals surface area (Å²) in [7, 11) is 2.10. The minimum absolute atomic E-state index is 0.114. The molecule has 1 aliphatic rings. The molecule has 0 radical (unpaired) electrons. The summed E-state index contributed by atoms with van der Waals surface area (Å²) < 4.78 is 1.65. The molecule has 3 rings (SSSR count). The molecule has 0 unspecified atom stereocenters. The van der Waals surface area contributed by atoms with Crippen LogP contribution in [0.1, 0.15) is 6.42 Å². The number of hydrogen-bond acceptors (Lipinski definition) is 3. The molecular weight excluding hydrogens is 297 g/mol. The molecule has 0 amide bonds. The van der Waals surface area contributed by atoms with Crippen molar-refractivity contribution in [1.29, 1.82) is 0 Å². The smallest absolute Gasteiger partial charge is 0.262 e. The Kier molecular flexibility index (Phi) is 3.71. The second-order valence-electron chi connectivity index (χ2n) is 5.37. The molecule has 0 aliphatic carbocycles. The molecule has 2 heterocycles. The number of fused-ring (bicyclic) bond motifs is 1. The highest BCUT2D eigenvalue weighted by molar-refractivity contribution is 6.39. The lowest BCUT2D eigenvalue weighted by Crippen LogP contribution is -2.26. The zero-order valence-electron chi connectivity index (χ0n) is 11.1. The van der Waals surface area contributed by atoms with Crippen molar-refractivity contribution in [2.24, 2.45) is 5.92 Å². The number of rotatable bonds is 2. The fourth-order valence-electron chi connectivity index (χ4n) is 2.78. The van der Waals surface area contributed by atoms with E-state index in [1.807, 2.05) is 0 Å². The van der Waals surface area contributed by atoms with Crippen LogP contribution < -0.4 is 5.56 Å². The van der Waals surface area contributed by atoms with Crippen LogP contribution in [-0.2, 0) is 6.54 Å². The van der Waals surface area contributed by atoms with E-state index in [1.54, 1.807) is 23.0 Å². The van der Waals surface area contributed by atoms with Gasteiger partial charge in [0.05, 0.1) is 27.3 Å². The number of benzene rings is 1. The lowest BCUT2D eigenvalue weighted by Gasteiger charge is -2.13. The normalized spacial score (nSPS) is 19.9. The first-order valence-electron chi connectivity index (χ1n) is 6.58. The monoisotopic (exact) mass is 311 g/mol. The highest BCUT2D eigenvalue weighted by atomic mass is 35.5. The maximum atomic E-state index is 12.5. The van der Waals surface area contributed by atoms with Crippen molar-refractivity contribution in [3.8, 4) is 0 Å². The van der Waals surface area contributed by atoms with Crippen LogP contribution in [0.2, 0.25) is 10.0 Å². The summed E-state index contributed by atoms with van der Waals surface area (Å²) in [6.45, 7) is 2.76. The van der Waals surface area contributed by atoms with E-state index in [-0.39, 0.29) is 5.56 Å². The van der Waals surface area contributed by atoms with Gasteiger partial charge in [-0.1, -0.05) is 23.2 Å². The quantitative estimate of drug-likeness (QED) is 0.856. The van der Waals surface area contributed by atoms with E-state index >= 15 is 0 Å². The summed E-state index contributed by atoms with van der Waals surface area (Å²) in [5, 5.41) is 1.27. The Labute approximate surface area is 126 Å². The van der Waals surface area contributed by atoms with Gasteiger partial charge in [0, 0.05) is 13.1 Å². The van der Waals surface area contributed by atoms with Gasteiger partial charge in [-0.2, -0.15) is 0 Å². The van der Waals surface area contributed by atoms with Crippen molar-refractivity contribution in [1.82, 2.24) is 14.5 Å². The molecule has 4 nitrogen and oxygen atoms in total. The van der Waals surface area contributed by atoms with E-state index < -0.39 is 0 Å². The highest BCUT2D eigenvalue weighted by Crippen LogP contribution is 2.25. The van der Waals surface area contributed by atoms with Crippen LogP contribution in [0.15, 0.2) is 23.3 Å². The van der Waals surface area contributed by atoms with Gasteiger partial charge in [0.1, 0.15) is 0 Å². The summed E-state index contributed by atoms with van der Waals surface area (Å²) in [6, 6.07) is 3.30. The molecule has 2 aromatic rings. The van der Waals surface area contributed by atoms with Crippen LogP contribution in [0.25, 0.3) is 10.9 Å². The van der Waals surface area contributed by atoms with Crippen LogP contribution >= 0.6 is 23.2 Å². The first kappa shape index (κ1) is 13.9. The van der Waals surface area contributed by atoms with Crippen LogP contribution in [0.4, 0.5) is 0 Å². The predicted octanol–water partition coefficient (Wildman–Crippen LogP) is 2.66. The molecule has 0 saturated carbocycles. The third-order valence-corrected chi connectivity index (χ3v) is 4.44. The molecule has 20 heavy (non-hydrogen) atoms. The Morgan fingerprint density at radius 3 is 2.80 bits per heavy atom. The third kappa shape index (κ3) is 2.43. The first-order valence-corrected chi connectivity index (χ1v) is 7.33. The summed E-state index contributed by atoms with van der Waals surface area (Å²) >= 11 is 12.2. The number of halogens is 2. The van der Waals surface area contributed by atoms with E-state index in [2.05, 4.69) is 16.9 Å². The van der Waals surface area contributed by atoms with Crippen molar-refractivity contribution in [3.63, 3.8) is 0 Å². The lowest BCUT2D eigenvalue weighted by molar-refractivity contribution is 0.375. The van der Waals surface area contributed by atoms with Crippen LogP contribution in [0, 0.1) is 5.92 Å². The Morgan fingerprint density at radius 1 is 1.35 bits per heavy atom. The number of nitrogens with zero attached hydrogens (tertiary/aromatic N) is 3. The first-order chi connectivity index (χ1) is 9.56. The molecule has 106 valence electrons. The highest BCUT2D eigenvalue weighted by Gasteiger charge is 2.21. The second kappa shape index (κ2) is 5.35. The standard InChI is InChI=1S/C14H15Cl2N3O/c1-18-5-4-9(6-18)7-19-8-17-13-11(16)3-2-10(15)12(13)14(19)20/h2-3,8-9H,4-7H2,1H3/t9-/m1/s1. The lowest BCUT2D eigenvalue weighted by atomic mass is 10.1. The third-order valence-electron chi connectivity index (χ3n) is 3.82. The molecule has 6 heteroatoms. The fourth-order valence-corrected chi connectivity index (χ4v) is 3.22. The number of likely N-dealkylation sites (tertiary alicyclic amines) is 1. The van der Waals surface area contributed by atoms with E-state index in [4.69, 9.17) is 23.2 Å². The van der Waals surface area contributed by atoms with Crippen LogP contribution in [0.5, 0.6) is 0 Å².